The van der Waals surface area contributed by atoms with Crippen LogP contribution in [0.15, 0.2) is 210 Å². The summed E-state index contributed by atoms with van der Waals surface area (Å²) < 4.78 is 83.7. The number of Topliss-reactive ketones (excluding diaryl/α,β-unsaturated/α-hetero) is 4. The third-order valence-electron chi connectivity index (χ3n) is 16.4. The Hall–Kier alpha value is -10.8. The van der Waals surface area contributed by atoms with E-state index in [1.807, 2.05) is 0 Å². The van der Waals surface area contributed by atoms with Crippen LogP contribution in [0.25, 0.3) is 42.6 Å². The molecule has 0 amide bonds. The zero-order chi connectivity index (χ0) is 62.3. The summed E-state index contributed by atoms with van der Waals surface area (Å²) >= 11 is 1.84. The fraction of sp³-hybridized carbons (Fsp3) is 0.0833. The van der Waals surface area contributed by atoms with Gasteiger partial charge in [0.25, 0.3) is 0 Å². The van der Waals surface area contributed by atoms with Crippen molar-refractivity contribution in [1.29, 1.82) is 0 Å². The number of ether oxygens (including phenoxy) is 4. The van der Waals surface area contributed by atoms with Gasteiger partial charge in [-0.3, -0.25) is 38.4 Å². The van der Waals surface area contributed by atoms with Crippen molar-refractivity contribution in [2.75, 3.05) is 0 Å². The van der Waals surface area contributed by atoms with Gasteiger partial charge in [0.1, 0.15) is 26.4 Å². The first-order valence-electron chi connectivity index (χ1n) is 27.9. The van der Waals surface area contributed by atoms with Crippen molar-refractivity contribution in [3.8, 4) is 0 Å². The Morgan fingerprint density at radius 3 is 1.10 bits per heavy atom. The largest absolute Gasteiger partial charge is 0.459 e. The molecule has 440 valence electrons. The fourth-order valence-corrected chi connectivity index (χ4v) is 14.9. The van der Waals surface area contributed by atoms with Gasteiger partial charge < -0.3 is 18.9 Å². The van der Waals surface area contributed by atoms with Crippen LogP contribution >= 0.6 is 22.7 Å². The van der Waals surface area contributed by atoms with Gasteiger partial charge in [-0.2, -0.15) is 0 Å². The smallest absolute Gasteiger partial charge is 0.333 e. The predicted molar refractivity (Wildman–Crippen MR) is 325 cm³/mol. The van der Waals surface area contributed by atoms with E-state index in [2.05, 4.69) is 0 Å². The van der Waals surface area contributed by atoms with Gasteiger partial charge in [-0.1, -0.05) is 127 Å². The van der Waals surface area contributed by atoms with Crippen molar-refractivity contribution in [3.05, 3.63) is 293 Å². The summed E-state index contributed by atoms with van der Waals surface area (Å²) in [6.07, 6.45) is 3.50. The number of hydrogen-bond donors (Lipinski definition) is 0. The van der Waals surface area contributed by atoms with E-state index in [1.54, 1.807) is 127 Å². The second-order valence-electron chi connectivity index (χ2n) is 21.7. The lowest BCUT2D eigenvalue weighted by molar-refractivity contribution is -0.167. The summed E-state index contributed by atoms with van der Waals surface area (Å²) in [7, 11) is 0. The molecule has 0 aliphatic heterocycles. The summed E-state index contributed by atoms with van der Waals surface area (Å²) in [5, 5.41) is 0.496. The second-order valence-corrected chi connectivity index (χ2v) is 23.9. The number of ketones is 4. The van der Waals surface area contributed by atoms with Crippen molar-refractivity contribution in [3.63, 3.8) is 0 Å². The Labute approximate surface area is 515 Å². The van der Waals surface area contributed by atoms with Crippen molar-refractivity contribution in [2.24, 2.45) is 5.41 Å². The molecule has 2 aromatic heterocycles. The van der Waals surface area contributed by atoms with Crippen molar-refractivity contribution in [2.45, 2.75) is 31.8 Å². The molecule has 0 bridgehead atoms. The molecule has 4 aliphatic rings. The van der Waals surface area contributed by atoms with Crippen LogP contribution in [-0.4, -0.2) is 47.0 Å². The second kappa shape index (κ2) is 22.1. The summed E-state index contributed by atoms with van der Waals surface area (Å²) in [5.41, 5.74) is -6.66. The lowest BCUT2D eigenvalue weighted by Gasteiger charge is -2.30. The van der Waals surface area contributed by atoms with Crippen molar-refractivity contribution in [1.82, 2.24) is 0 Å². The van der Waals surface area contributed by atoms with Crippen LogP contribution in [0, 0.1) is 28.7 Å². The number of carbonyl (C=O) groups is 8. The minimum atomic E-state index is -2.95. The Morgan fingerprint density at radius 1 is 0.411 bits per heavy atom. The van der Waals surface area contributed by atoms with Gasteiger partial charge in [0, 0.05) is 47.8 Å². The fourth-order valence-electron chi connectivity index (χ4n) is 12.1. The number of halogens is 4. The van der Waals surface area contributed by atoms with E-state index in [-0.39, 0.29) is 80.5 Å². The van der Waals surface area contributed by atoms with Crippen molar-refractivity contribution < 1.29 is 74.9 Å². The number of hydrogen-bond acceptors (Lipinski definition) is 14. The van der Waals surface area contributed by atoms with E-state index in [0.29, 0.717) is 27.0 Å². The monoisotopic (exact) mass is 1240 g/mol. The molecule has 12 nitrogen and oxygen atoms in total. The van der Waals surface area contributed by atoms with Gasteiger partial charge >= 0.3 is 23.9 Å². The number of fused-ring (bicyclic) bond motifs is 8. The highest BCUT2D eigenvalue weighted by molar-refractivity contribution is 7.29. The van der Waals surface area contributed by atoms with Gasteiger partial charge in [0.2, 0.25) is 10.8 Å². The van der Waals surface area contributed by atoms with E-state index >= 15 is 19.2 Å². The molecule has 0 saturated heterocycles. The topological polar surface area (TPSA) is 173 Å². The molecular weight excluding hydrogens is 1200 g/mol. The average Bonchev–Trinajstić information content (AvgIpc) is 1.49. The SMILES string of the molecule is O=C1C(=CC2=CC3=C(c4sc5cc(C=C6C(=O)c7cc8cc(F)c(F)cc8cc7C6=O)sc5c4C3(C(=O)OCc3ccccc3)C(=O)OCc3ccccc3)C2(C(=O)OCc2ccccc2)C(=O)OCc2ccccc2)C(=O)c2cc3cc(F)c(F)cc3cc21. The summed E-state index contributed by atoms with van der Waals surface area (Å²) in [6, 6.07) is 44.0. The number of rotatable bonds is 14. The molecule has 90 heavy (non-hydrogen) atoms. The number of benzene rings is 8. The van der Waals surface area contributed by atoms with Gasteiger partial charge in [-0.25, -0.2) is 17.6 Å². The van der Waals surface area contributed by atoms with Crippen LogP contribution in [0.3, 0.4) is 0 Å². The highest BCUT2D eigenvalue weighted by Gasteiger charge is 2.70. The predicted octanol–water partition coefficient (Wildman–Crippen LogP) is 14.2. The zero-order valence-corrected chi connectivity index (χ0v) is 48.2. The minimum Gasteiger partial charge on any atom is -0.459 e. The lowest BCUT2D eigenvalue weighted by Crippen LogP contribution is -2.46. The molecule has 4 aliphatic carbocycles. The molecule has 0 N–H and O–H groups in total. The van der Waals surface area contributed by atoms with Crippen LogP contribution in [0.1, 0.15) is 79.0 Å². The van der Waals surface area contributed by atoms with Gasteiger partial charge in [-0.15, -0.1) is 22.7 Å². The molecule has 10 aromatic rings. The van der Waals surface area contributed by atoms with Crippen LogP contribution in [0.4, 0.5) is 17.6 Å². The Morgan fingerprint density at radius 2 is 0.744 bits per heavy atom. The van der Waals surface area contributed by atoms with E-state index in [4.69, 9.17) is 18.9 Å². The van der Waals surface area contributed by atoms with Crippen LogP contribution in [0.5, 0.6) is 0 Å². The first-order valence-corrected chi connectivity index (χ1v) is 29.5. The maximum atomic E-state index is 16.2. The Bertz CT molecular complexity index is 4750. The maximum absolute atomic E-state index is 16.2. The summed E-state index contributed by atoms with van der Waals surface area (Å²) in [4.78, 5) is 123. The normalized spacial score (nSPS) is 15.0. The number of carbonyl (C=O) groups excluding carboxylic acids is 8. The lowest BCUT2D eigenvalue weighted by atomic mass is 9.75. The van der Waals surface area contributed by atoms with E-state index < -0.39 is 119 Å². The van der Waals surface area contributed by atoms with Crippen LogP contribution in [0.2, 0.25) is 0 Å². The first kappa shape index (κ1) is 57.0. The molecule has 0 saturated carbocycles. The molecule has 0 atom stereocenters. The third kappa shape index (κ3) is 9.16. The van der Waals surface area contributed by atoms with Crippen LogP contribution in [-0.2, 0) is 70.0 Å². The molecule has 0 unspecified atom stereocenters. The highest BCUT2D eigenvalue weighted by Crippen LogP contribution is 2.66. The number of allylic oxidation sites excluding steroid dienone is 4. The highest BCUT2D eigenvalue weighted by atomic mass is 32.1. The van der Waals surface area contributed by atoms with E-state index in [1.165, 1.54) is 36.4 Å². The Balaban J connectivity index is 1.01. The third-order valence-corrected chi connectivity index (χ3v) is 18.8. The molecule has 14 rings (SSSR count). The van der Waals surface area contributed by atoms with Gasteiger partial charge in [-0.05, 0) is 122 Å². The first-order chi connectivity index (χ1) is 43.5. The molecular formula is C72H40F4O12S2. The molecule has 0 spiro atoms. The zero-order valence-electron chi connectivity index (χ0n) is 46.5. The molecule has 18 heteroatoms. The molecule has 8 aromatic carbocycles. The minimum absolute atomic E-state index is 0.0361. The Kier molecular flexibility index (Phi) is 14.0. The summed E-state index contributed by atoms with van der Waals surface area (Å²) in [6.45, 7) is -1.82. The maximum Gasteiger partial charge on any atom is 0.333 e. The van der Waals surface area contributed by atoms with E-state index in [9.17, 15) is 36.7 Å². The van der Waals surface area contributed by atoms with Gasteiger partial charge in [0.15, 0.2) is 46.4 Å². The standard InChI is InChI=1S/C72H40F4O12S2/c73-54-25-41-21-47-48(22-42(41)26-55(54)74)62(78)51(61(47)77)29-45-30-53-59(71(45,67(81)85-33-37-13-5-1-6-14-37)68(82)86-34-38-15-7-2-8-16-38)66-60(72(53,69(83)87-35-39-17-9-3-10-18-39)70(84)88-36-40-19-11-4-12-20-40)65-58(90-66)32-46(89-65)31-52-63(79)49-23-43-27-56(75)57(76)28-44(43)24-50(49)64(52)80/h1-32H,33-36H2. The molecule has 0 radical (unpaired) electrons. The quantitative estimate of drug-likeness (QED) is 0.0252. The number of esters is 4. The van der Waals surface area contributed by atoms with Crippen molar-refractivity contribution >= 4 is 112 Å². The van der Waals surface area contributed by atoms with Gasteiger partial charge in [0.05, 0.1) is 15.8 Å². The molecule has 0 fully saturated rings. The summed E-state index contributed by atoms with van der Waals surface area (Å²) in [5.74, 6) is -13.2. The average molecular weight is 1240 g/mol. The van der Waals surface area contributed by atoms with Crippen LogP contribution < -0.4 is 0 Å². The molecule has 2 heterocycles. The number of thiophene rings is 2. The van der Waals surface area contributed by atoms with E-state index in [0.717, 1.165) is 53.0 Å².